The minimum Gasteiger partial charge on any atom is -0.346 e. The molecule has 1 amide bonds. The van der Waals surface area contributed by atoms with Crippen molar-refractivity contribution in [3.05, 3.63) is 98.9 Å². The Labute approximate surface area is 171 Å². The quantitative estimate of drug-likeness (QED) is 0.545. The van der Waals surface area contributed by atoms with Crippen molar-refractivity contribution in [2.75, 3.05) is 0 Å². The van der Waals surface area contributed by atoms with Gasteiger partial charge in [-0.25, -0.2) is 9.37 Å². The van der Waals surface area contributed by atoms with Crippen LogP contribution in [0.15, 0.2) is 72.0 Å². The van der Waals surface area contributed by atoms with Crippen molar-refractivity contribution in [2.45, 2.75) is 13.5 Å². The summed E-state index contributed by atoms with van der Waals surface area (Å²) in [6, 6.07) is 13.0. The molecule has 0 atom stereocenters. The van der Waals surface area contributed by atoms with E-state index < -0.39 is 5.82 Å². The van der Waals surface area contributed by atoms with Crippen LogP contribution < -0.4 is 10.9 Å². The van der Waals surface area contributed by atoms with Crippen molar-refractivity contribution >= 4 is 17.2 Å². The van der Waals surface area contributed by atoms with Gasteiger partial charge in [0.05, 0.1) is 34.8 Å². The van der Waals surface area contributed by atoms with Gasteiger partial charge in [-0.1, -0.05) is 6.07 Å². The minimum atomic E-state index is -0.486. The molecule has 0 fully saturated rings. The molecular formula is C21H19FN4O2S. The molecule has 148 valence electrons. The summed E-state index contributed by atoms with van der Waals surface area (Å²) in [6.07, 6.45) is 4.74. The Morgan fingerprint density at radius 2 is 2.10 bits per heavy atom. The number of imidazole rings is 1. The molecule has 0 aliphatic rings. The zero-order valence-electron chi connectivity index (χ0n) is 15.5. The summed E-state index contributed by atoms with van der Waals surface area (Å²) in [5.41, 5.74) is 1.11. The average Bonchev–Trinajstić information content (AvgIpc) is 3.35. The predicted octanol–water partition coefficient (Wildman–Crippen LogP) is 3.71. The standard InChI is InChI=1S/C21H17FN4O2S.H2/c1-14-5-8-19(29-14)21(28)23-11-15-12-25(13-24-15)18-7-6-16(10-17(18)22)26-9-3-2-4-20(26)27;/h2-10,12-13H,11H2,1H3,(H,23,28);1H. The van der Waals surface area contributed by atoms with E-state index in [2.05, 4.69) is 10.3 Å². The zero-order chi connectivity index (χ0) is 20.4. The summed E-state index contributed by atoms with van der Waals surface area (Å²) in [7, 11) is 0. The van der Waals surface area contributed by atoms with Crippen molar-refractivity contribution in [3.63, 3.8) is 0 Å². The van der Waals surface area contributed by atoms with Gasteiger partial charge in [-0.3, -0.25) is 14.2 Å². The maximum atomic E-state index is 14.7. The number of aromatic nitrogens is 3. The minimum absolute atomic E-state index is 0. The van der Waals surface area contributed by atoms with Crippen LogP contribution >= 0.6 is 11.3 Å². The van der Waals surface area contributed by atoms with Gasteiger partial charge in [0.25, 0.3) is 11.5 Å². The summed E-state index contributed by atoms with van der Waals surface area (Å²) in [6.45, 7) is 2.18. The van der Waals surface area contributed by atoms with Crippen LogP contribution in [0, 0.1) is 12.7 Å². The molecule has 0 aliphatic heterocycles. The first-order chi connectivity index (χ1) is 14.0. The third kappa shape index (κ3) is 4.02. The Hall–Kier alpha value is -3.52. The number of nitrogens with one attached hydrogen (secondary N) is 1. The second-order valence-corrected chi connectivity index (χ2v) is 7.70. The van der Waals surface area contributed by atoms with Crippen LogP contribution in [-0.4, -0.2) is 20.0 Å². The largest absolute Gasteiger partial charge is 0.346 e. The maximum absolute atomic E-state index is 14.7. The van der Waals surface area contributed by atoms with Gasteiger partial charge in [0.2, 0.25) is 0 Å². The molecule has 0 saturated carbocycles. The maximum Gasteiger partial charge on any atom is 0.261 e. The Bertz CT molecular complexity index is 1250. The molecule has 0 bridgehead atoms. The topological polar surface area (TPSA) is 68.9 Å². The summed E-state index contributed by atoms with van der Waals surface area (Å²) in [5.74, 6) is -0.651. The number of halogens is 1. The number of pyridine rings is 1. The van der Waals surface area contributed by atoms with Gasteiger partial charge < -0.3 is 9.88 Å². The normalized spacial score (nSPS) is 10.8. The van der Waals surface area contributed by atoms with E-state index in [0.717, 1.165) is 4.88 Å². The molecular weight excluding hydrogens is 391 g/mol. The van der Waals surface area contributed by atoms with Crippen molar-refractivity contribution in [3.8, 4) is 11.4 Å². The Kier molecular flexibility index (Phi) is 5.09. The number of hydrogen-bond donors (Lipinski definition) is 1. The summed E-state index contributed by atoms with van der Waals surface area (Å²) in [5, 5.41) is 2.81. The monoisotopic (exact) mass is 410 g/mol. The Morgan fingerprint density at radius 3 is 2.83 bits per heavy atom. The number of aryl methyl sites for hydroxylation is 1. The van der Waals surface area contributed by atoms with E-state index in [1.165, 1.54) is 34.4 Å². The van der Waals surface area contributed by atoms with Crippen molar-refractivity contribution in [1.82, 2.24) is 19.4 Å². The van der Waals surface area contributed by atoms with Gasteiger partial charge in [-0.2, -0.15) is 0 Å². The van der Waals surface area contributed by atoms with E-state index in [0.29, 0.717) is 21.9 Å². The van der Waals surface area contributed by atoms with E-state index in [1.807, 2.05) is 13.0 Å². The lowest BCUT2D eigenvalue weighted by Crippen LogP contribution is -2.21. The lowest BCUT2D eigenvalue weighted by molar-refractivity contribution is 0.0954. The number of benzene rings is 1. The van der Waals surface area contributed by atoms with E-state index in [-0.39, 0.29) is 19.4 Å². The number of nitrogens with zero attached hydrogens (tertiary/aromatic N) is 3. The molecule has 3 aromatic heterocycles. The SMILES string of the molecule is Cc1ccc(C(=O)NCc2cn(-c3ccc(-n4ccccc4=O)cc3F)cn2)s1.[HH]. The number of carbonyl (C=O) groups excluding carboxylic acids is 1. The molecule has 1 N–H and O–H groups in total. The van der Waals surface area contributed by atoms with Gasteiger partial charge in [-0.15, -0.1) is 11.3 Å². The fraction of sp³-hybridized carbons (Fsp3) is 0.0952. The van der Waals surface area contributed by atoms with E-state index in [9.17, 15) is 14.0 Å². The van der Waals surface area contributed by atoms with E-state index in [4.69, 9.17) is 0 Å². The first kappa shape index (κ1) is 18.8. The molecule has 3 heterocycles. The predicted molar refractivity (Wildman–Crippen MR) is 111 cm³/mol. The third-order valence-electron chi connectivity index (χ3n) is 4.34. The third-order valence-corrected chi connectivity index (χ3v) is 5.34. The molecule has 8 heteroatoms. The van der Waals surface area contributed by atoms with Gasteiger partial charge in [0, 0.05) is 30.8 Å². The highest BCUT2D eigenvalue weighted by Crippen LogP contribution is 2.18. The Morgan fingerprint density at radius 1 is 1.24 bits per heavy atom. The number of thiophene rings is 1. The molecule has 0 spiro atoms. The lowest BCUT2D eigenvalue weighted by atomic mass is 10.2. The van der Waals surface area contributed by atoms with Crippen LogP contribution in [0.5, 0.6) is 0 Å². The highest BCUT2D eigenvalue weighted by atomic mass is 32.1. The second kappa shape index (κ2) is 7.84. The average molecular weight is 410 g/mol. The fourth-order valence-corrected chi connectivity index (χ4v) is 3.68. The number of amides is 1. The van der Waals surface area contributed by atoms with E-state index in [1.54, 1.807) is 47.3 Å². The molecule has 4 aromatic rings. The lowest BCUT2D eigenvalue weighted by Gasteiger charge is -2.08. The van der Waals surface area contributed by atoms with Crippen molar-refractivity contribution < 1.29 is 10.6 Å². The fourth-order valence-electron chi connectivity index (χ4n) is 2.90. The van der Waals surface area contributed by atoms with Gasteiger partial charge >= 0.3 is 0 Å². The van der Waals surface area contributed by atoms with Crippen LogP contribution in [0.1, 0.15) is 21.7 Å². The van der Waals surface area contributed by atoms with Crippen LogP contribution in [0.2, 0.25) is 0 Å². The summed E-state index contributed by atoms with van der Waals surface area (Å²) >= 11 is 1.42. The smallest absolute Gasteiger partial charge is 0.261 e. The van der Waals surface area contributed by atoms with Gasteiger partial charge in [0.15, 0.2) is 0 Å². The molecule has 29 heavy (non-hydrogen) atoms. The number of carbonyl (C=O) groups is 1. The highest BCUT2D eigenvalue weighted by Gasteiger charge is 2.11. The summed E-state index contributed by atoms with van der Waals surface area (Å²) in [4.78, 5) is 30.0. The molecule has 6 nitrogen and oxygen atoms in total. The molecule has 0 radical (unpaired) electrons. The van der Waals surface area contributed by atoms with E-state index >= 15 is 0 Å². The molecule has 1 aromatic carbocycles. The van der Waals surface area contributed by atoms with Gasteiger partial charge in [0.1, 0.15) is 5.82 Å². The van der Waals surface area contributed by atoms with Crippen LogP contribution in [0.4, 0.5) is 4.39 Å². The van der Waals surface area contributed by atoms with Crippen molar-refractivity contribution in [2.24, 2.45) is 0 Å². The van der Waals surface area contributed by atoms with Crippen LogP contribution in [0.3, 0.4) is 0 Å². The molecule has 0 aliphatic carbocycles. The van der Waals surface area contributed by atoms with Crippen molar-refractivity contribution in [1.29, 1.82) is 0 Å². The Balaban J connectivity index is 0.00000256. The molecule has 0 saturated heterocycles. The van der Waals surface area contributed by atoms with Gasteiger partial charge in [-0.05, 0) is 37.3 Å². The number of hydrogen-bond acceptors (Lipinski definition) is 4. The molecule has 0 unspecified atom stereocenters. The molecule has 4 rings (SSSR count). The number of rotatable bonds is 5. The first-order valence-electron chi connectivity index (χ1n) is 8.87. The zero-order valence-corrected chi connectivity index (χ0v) is 16.3. The van der Waals surface area contributed by atoms with Crippen LogP contribution in [0.25, 0.3) is 11.4 Å². The highest BCUT2D eigenvalue weighted by molar-refractivity contribution is 7.13. The van der Waals surface area contributed by atoms with Crippen LogP contribution in [-0.2, 0) is 6.54 Å². The second-order valence-electron chi connectivity index (χ2n) is 6.41. The summed E-state index contributed by atoms with van der Waals surface area (Å²) < 4.78 is 17.6. The first-order valence-corrected chi connectivity index (χ1v) is 9.68.